The lowest BCUT2D eigenvalue weighted by Gasteiger charge is -2.33. The molecular formula is C34H38N4. The van der Waals surface area contributed by atoms with E-state index in [4.69, 9.17) is 0 Å². The molecule has 0 aromatic heterocycles. The van der Waals surface area contributed by atoms with Gasteiger partial charge >= 0.3 is 0 Å². The average molecular weight is 503 g/mol. The summed E-state index contributed by atoms with van der Waals surface area (Å²) in [6.45, 7) is 7.94. The molecule has 2 aliphatic rings. The number of hydrogen-bond donors (Lipinski definition) is 0. The summed E-state index contributed by atoms with van der Waals surface area (Å²) < 4.78 is 0. The highest BCUT2D eigenvalue weighted by Crippen LogP contribution is 2.37. The molecule has 6 rings (SSSR count). The molecule has 0 N–H and O–H groups in total. The van der Waals surface area contributed by atoms with Gasteiger partial charge < -0.3 is 19.6 Å². The summed E-state index contributed by atoms with van der Waals surface area (Å²) in [5.74, 6) is 0. The van der Waals surface area contributed by atoms with Gasteiger partial charge in [0, 0.05) is 77.1 Å². The van der Waals surface area contributed by atoms with Crippen LogP contribution in [-0.2, 0) is 26.2 Å². The van der Waals surface area contributed by atoms with Crippen molar-refractivity contribution in [1.29, 1.82) is 0 Å². The predicted octanol–water partition coefficient (Wildman–Crippen LogP) is 7.14. The quantitative estimate of drug-likeness (QED) is 0.274. The first-order chi connectivity index (χ1) is 18.3. The summed E-state index contributed by atoms with van der Waals surface area (Å²) in [6.07, 6.45) is 0. The molecule has 38 heavy (non-hydrogen) atoms. The van der Waals surface area contributed by atoms with Gasteiger partial charge in [-0.05, 0) is 83.6 Å². The van der Waals surface area contributed by atoms with Gasteiger partial charge in [-0.3, -0.25) is 0 Å². The lowest BCUT2D eigenvalue weighted by molar-refractivity contribution is 0.835. The van der Waals surface area contributed by atoms with E-state index in [0.29, 0.717) is 0 Å². The molecule has 0 unspecified atom stereocenters. The Labute approximate surface area is 227 Å². The molecule has 0 bridgehead atoms. The molecule has 4 aromatic rings. The van der Waals surface area contributed by atoms with Gasteiger partial charge in [0.05, 0.1) is 0 Å². The topological polar surface area (TPSA) is 13.0 Å². The Morgan fingerprint density at radius 1 is 0.395 bits per heavy atom. The first kappa shape index (κ1) is 24.4. The molecule has 0 radical (unpaired) electrons. The van der Waals surface area contributed by atoms with Crippen LogP contribution in [0.15, 0.2) is 72.8 Å². The molecule has 0 atom stereocenters. The van der Waals surface area contributed by atoms with Crippen LogP contribution in [-0.4, -0.2) is 28.2 Å². The van der Waals surface area contributed by atoms with Crippen LogP contribution < -0.4 is 19.6 Å². The molecule has 4 aromatic carbocycles. The molecule has 0 aliphatic carbocycles. The molecule has 0 saturated heterocycles. The van der Waals surface area contributed by atoms with Gasteiger partial charge in [0.2, 0.25) is 0 Å². The van der Waals surface area contributed by atoms with Crippen LogP contribution in [0.5, 0.6) is 0 Å². The fourth-order valence-corrected chi connectivity index (χ4v) is 6.32. The fraction of sp³-hybridized carbons (Fsp3) is 0.294. The maximum Gasteiger partial charge on any atom is 0.0447 e. The van der Waals surface area contributed by atoms with E-state index in [0.717, 1.165) is 26.2 Å². The number of fused-ring (bicyclic) bond motifs is 4. The number of anilines is 4. The van der Waals surface area contributed by atoms with Gasteiger partial charge in [0.1, 0.15) is 0 Å². The Morgan fingerprint density at radius 3 is 1.03 bits per heavy atom. The minimum Gasteiger partial charge on any atom is -0.370 e. The zero-order valence-corrected chi connectivity index (χ0v) is 23.5. The van der Waals surface area contributed by atoms with E-state index >= 15 is 0 Å². The second-order valence-corrected chi connectivity index (χ2v) is 11.4. The van der Waals surface area contributed by atoms with Gasteiger partial charge in [0.15, 0.2) is 0 Å². The van der Waals surface area contributed by atoms with Gasteiger partial charge in [-0.25, -0.2) is 0 Å². The molecule has 2 heterocycles. The van der Waals surface area contributed by atoms with Crippen LogP contribution in [0.2, 0.25) is 0 Å². The number of aryl methyl sites for hydroxylation is 2. The Morgan fingerprint density at radius 2 is 0.684 bits per heavy atom. The van der Waals surface area contributed by atoms with E-state index in [1.54, 1.807) is 0 Å². The van der Waals surface area contributed by atoms with Crippen LogP contribution in [0.1, 0.15) is 33.4 Å². The third-order valence-electron chi connectivity index (χ3n) is 8.24. The highest BCUT2D eigenvalue weighted by molar-refractivity contribution is 5.74. The second-order valence-electron chi connectivity index (χ2n) is 11.4. The Bertz CT molecular complexity index is 1410. The van der Waals surface area contributed by atoms with Crippen molar-refractivity contribution in [3.05, 3.63) is 106 Å². The van der Waals surface area contributed by atoms with E-state index in [-0.39, 0.29) is 0 Å². The average Bonchev–Trinajstić information content (AvgIpc) is 2.87. The zero-order valence-electron chi connectivity index (χ0n) is 23.5. The van der Waals surface area contributed by atoms with Gasteiger partial charge in [-0.15, -0.1) is 0 Å². The van der Waals surface area contributed by atoms with Crippen molar-refractivity contribution in [2.24, 2.45) is 0 Å². The fourth-order valence-electron chi connectivity index (χ4n) is 6.32. The monoisotopic (exact) mass is 502 g/mol. The minimum absolute atomic E-state index is 0.885. The summed E-state index contributed by atoms with van der Waals surface area (Å²) in [6, 6.07) is 27.7. The van der Waals surface area contributed by atoms with Crippen molar-refractivity contribution in [1.82, 2.24) is 0 Å². The number of rotatable bonds is 1. The molecule has 4 heteroatoms. The normalized spacial score (nSPS) is 15.0. The van der Waals surface area contributed by atoms with E-state index in [1.807, 2.05) is 0 Å². The maximum absolute atomic E-state index is 2.40. The van der Waals surface area contributed by atoms with Crippen LogP contribution in [0.4, 0.5) is 22.7 Å². The standard InChI is InChI=1S/C34H38N4/c1-23-7-11-31-27(15-23)19-35(3)33-13-9-25(17-29(33)21-37(31)5)26-10-14-34-30(18-26)22-38(6)32-12-8-24(2)16-28(32)20-36(34)4/h7-18H,19-22H2,1-6H3. The highest BCUT2D eigenvalue weighted by atomic mass is 15.2. The lowest BCUT2D eigenvalue weighted by Crippen LogP contribution is -2.27. The number of nitrogens with zero attached hydrogens (tertiary/aromatic N) is 4. The van der Waals surface area contributed by atoms with Crippen molar-refractivity contribution >= 4 is 22.7 Å². The molecule has 2 aliphatic heterocycles. The first-order valence-electron chi connectivity index (χ1n) is 13.6. The molecule has 0 fully saturated rings. The molecule has 0 saturated carbocycles. The Hall–Kier alpha value is -3.92. The van der Waals surface area contributed by atoms with E-state index in [9.17, 15) is 0 Å². The van der Waals surface area contributed by atoms with Crippen molar-refractivity contribution in [3.63, 3.8) is 0 Å². The number of hydrogen-bond acceptors (Lipinski definition) is 4. The number of benzene rings is 4. The Balaban J connectivity index is 1.35. The van der Waals surface area contributed by atoms with Crippen LogP contribution in [0.3, 0.4) is 0 Å². The van der Waals surface area contributed by atoms with Gasteiger partial charge in [-0.1, -0.05) is 47.5 Å². The van der Waals surface area contributed by atoms with Crippen molar-refractivity contribution < 1.29 is 0 Å². The highest BCUT2D eigenvalue weighted by Gasteiger charge is 2.21. The summed E-state index contributed by atoms with van der Waals surface area (Å²) >= 11 is 0. The van der Waals surface area contributed by atoms with Gasteiger partial charge in [-0.2, -0.15) is 0 Å². The molecule has 4 nitrogen and oxygen atoms in total. The van der Waals surface area contributed by atoms with Crippen LogP contribution >= 0.6 is 0 Å². The molecule has 0 spiro atoms. The Kier molecular flexibility index (Phi) is 6.06. The van der Waals surface area contributed by atoms with Crippen LogP contribution in [0, 0.1) is 13.8 Å². The van der Waals surface area contributed by atoms with E-state index < -0.39 is 0 Å². The van der Waals surface area contributed by atoms with Crippen molar-refractivity contribution in [3.8, 4) is 11.1 Å². The van der Waals surface area contributed by atoms with Crippen molar-refractivity contribution in [2.75, 3.05) is 47.8 Å². The summed E-state index contributed by atoms with van der Waals surface area (Å²) in [5.41, 5.74) is 16.0. The minimum atomic E-state index is 0.885. The van der Waals surface area contributed by atoms with E-state index in [2.05, 4.69) is 134 Å². The maximum atomic E-state index is 2.40. The van der Waals surface area contributed by atoms with Gasteiger partial charge in [0.25, 0.3) is 0 Å². The third kappa shape index (κ3) is 4.38. The molecular weight excluding hydrogens is 464 g/mol. The van der Waals surface area contributed by atoms with E-state index in [1.165, 1.54) is 67.3 Å². The summed E-state index contributed by atoms with van der Waals surface area (Å²) in [4.78, 5) is 9.59. The first-order valence-corrected chi connectivity index (χ1v) is 13.6. The lowest BCUT2D eigenvalue weighted by atomic mass is 9.96. The van der Waals surface area contributed by atoms with Crippen molar-refractivity contribution in [2.45, 2.75) is 40.0 Å². The third-order valence-corrected chi connectivity index (χ3v) is 8.24. The SMILES string of the molecule is Cc1ccc2c(c1)CN(C)c1ccc(-c3ccc4c(c3)CN(C)c3ccc(C)cc3CN4C)cc1CN2C. The predicted molar refractivity (Wildman–Crippen MR) is 163 cm³/mol. The summed E-state index contributed by atoms with van der Waals surface area (Å²) in [5, 5.41) is 0. The molecule has 0 amide bonds. The largest absolute Gasteiger partial charge is 0.370 e. The zero-order chi connectivity index (χ0) is 26.6. The smallest absolute Gasteiger partial charge is 0.0447 e. The second kappa shape index (κ2) is 9.43. The van der Waals surface area contributed by atoms with Crippen LogP contribution in [0.25, 0.3) is 11.1 Å². The summed E-state index contributed by atoms with van der Waals surface area (Å²) in [7, 11) is 8.86. The molecule has 194 valence electrons.